The van der Waals surface area contributed by atoms with Crippen molar-refractivity contribution in [2.45, 2.75) is 57.4 Å². The van der Waals surface area contributed by atoms with E-state index < -0.39 is 0 Å². The van der Waals surface area contributed by atoms with Gasteiger partial charge in [0.2, 0.25) is 0 Å². The number of aromatic nitrogens is 2. The fourth-order valence-electron chi connectivity index (χ4n) is 2.82. The second kappa shape index (κ2) is 5.11. The van der Waals surface area contributed by atoms with Crippen LogP contribution in [0.4, 0.5) is 0 Å². The maximum absolute atomic E-state index is 6.58. The minimum atomic E-state index is -0.0285. The summed E-state index contributed by atoms with van der Waals surface area (Å²) in [6, 6.07) is 0. The zero-order chi connectivity index (χ0) is 12.5. The van der Waals surface area contributed by atoms with Crippen LogP contribution in [0.25, 0.3) is 0 Å². The number of halogens is 1. The molecule has 1 aliphatic rings. The molecule has 0 spiro atoms. The summed E-state index contributed by atoms with van der Waals surface area (Å²) in [6.45, 7) is 2.03. The summed E-state index contributed by atoms with van der Waals surface area (Å²) < 4.78 is 3.10. The average molecular weight is 300 g/mol. The van der Waals surface area contributed by atoms with Crippen LogP contribution in [-0.4, -0.2) is 15.3 Å². The van der Waals surface area contributed by atoms with Gasteiger partial charge in [-0.05, 0) is 35.7 Å². The lowest BCUT2D eigenvalue weighted by molar-refractivity contribution is 0.360. The first-order valence-electron chi connectivity index (χ1n) is 6.49. The van der Waals surface area contributed by atoms with Gasteiger partial charge in [0.05, 0.1) is 15.9 Å². The SMILES string of the molecule is Cc1nn(C)c(CC2(N)CCCCCC2)c1Br. The van der Waals surface area contributed by atoms with Crippen molar-refractivity contribution in [3.8, 4) is 0 Å². The predicted molar refractivity (Wildman–Crippen MR) is 74.0 cm³/mol. The Bertz CT molecular complexity index is 390. The molecule has 3 nitrogen and oxygen atoms in total. The van der Waals surface area contributed by atoms with Gasteiger partial charge in [-0.3, -0.25) is 4.68 Å². The normalized spacial score (nSPS) is 20.2. The van der Waals surface area contributed by atoms with Gasteiger partial charge in [0, 0.05) is 19.0 Å². The molecule has 0 aromatic carbocycles. The molecule has 1 heterocycles. The summed E-state index contributed by atoms with van der Waals surface area (Å²) >= 11 is 3.63. The average Bonchev–Trinajstić information content (AvgIpc) is 2.48. The number of aryl methyl sites for hydroxylation is 2. The van der Waals surface area contributed by atoms with Crippen molar-refractivity contribution in [3.05, 3.63) is 15.9 Å². The Hall–Kier alpha value is -0.350. The summed E-state index contributed by atoms with van der Waals surface area (Å²) in [6.07, 6.45) is 8.43. The van der Waals surface area contributed by atoms with E-state index in [0.717, 1.165) is 29.4 Å². The third-order valence-corrected chi connectivity index (χ3v) is 4.91. The van der Waals surface area contributed by atoms with E-state index in [9.17, 15) is 0 Å². The Morgan fingerprint density at radius 2 is 1.88 bits per heavy atom. The number of rotatable bonds is 2. The van der Waals surface area contributed by atoms with Crippen molar-refractivity contribution >= 4 is 15.9 Å². The van der Waals surface area contributed by atoms with Crippen LogP contribution >= 0.6 is 15.9 Å². The van der Waals surface area contributed by atoms with Crippen molar-refractivity contribution in [1.29, 1.82) is 0 Å². The third-order valence-electron chi connectivity index (χ3n) is 3.88. The summed E-state index contributed by atoms with van der Waals surface area (Å²) in [5.41, 5.74) is 8.85. The molecule has 0 unspecified atom stereocenters. The number of hydrogen-bond donors (Lipinski definition) is 1. The highest BCUT2D eigenvalue weighted by Crippen LogP contribution is 2.31. The lowest BCUT2D eigenvalue weighted by Crippen LogP contribution is -2.42. The number of hydrogen-bond acceptors (Lipinski definition) is 2. The van der Waals surface area contributed by atoms with Crippen LogP contribution in [0.1, 0.15) is 49.9 Å². The van der Waals surface area contributed by atoms with E-state index in [1.165, 1.54) is 31.4 Å². The van der Waals surface area contributed by atoms with E-state index in [1.54, 1.807) is 0 Å². The second-order valence-electron chi connectivity index (χ2n) is 5.42. The van der Waals surface area contributed by atoms with Gasteiger partial charge in [-0.15, -0.1) is 0 Å². The van der Waals surface area contributed by atoms with Gasteiger partial charge < -0.3 is 5.73 Å². The molecule has 2 rings (SSSR count). The van der Waals surface area contributed by atoms with E-state index in [4.69, 9.17) is 5.73 Å². The maximum atomic E-state index is 6.58. The van der Waals surface area contributed by atoms with Crippen LogP contribution < -0.4 is 5.73 Å². The molecule has 1 saturated carbocycles. The van der Waals surface area contributed by atoms with Crippen LogP contribution in [0.5, 0.6) is 0 Å². The predicted octanol–water partition coefficient (Wildman–Crippen LogP) is 3.09. The van der Waals surface area contributed by atoms with E-state index >= 15 is 0 Å². The fraction of sp³-hybridized carbons (Fsp3) is 0.769. The first-order chi connectivity index (χ1) is 8.02. The van der Waals surface area contributed by atoms with Gasteiger partial charge in [0.15, 0.2) is 0 Å². The van der Waals surface area contributed by atoms with Crippen LogP contribution in [0.15, 0.2) is 4.47 Å². The second-order valence-corrected chi connectivity index (χ2v) is 6.22. The largest absolute Gasteiger partial charge is 0.325 e. The molecule has 0 saturated heterocycles. The quantitative estimate of drug-likeness (QED) is 0.853. The van der Waals surface area contributed by atoms with Gasteiger partial charge in [-0.1, -0.05) is 25.7 Å². The highest BCUT2D eigenvalue weighted by atomic mass is 79.9. The zero-order valence-corrected chi connectivity index (χ0v) is 12.4. The number of nitrogens with two attached hydrogens (primary N) is 1. The molecule has 1 fully saturated rings. The lowest BCUT2D eigenvalue weighted by atomic mass is 9.86. The van der Waals surface area contributed by atoms with Gasteiger partial charge in [0.25, 0.3) is 0 Å². The Kier molecular flexibility index (Phi) is 3.93. The van der Waals surface area contributed by atoms with Crippen LogP contribution in [0.3, 0.4) is 0 Å². The lowest BCUT2D eigenvalue weighted by Gasteiger charge is -2.28. The highest BCUT2D eigenvalue weighted by molar-refractivity contribution is 9.10. The Balaban J connectivity index is 2.18. The Labute approximate surface area is 112 Å². The minimum Gasteiger partial charge on any atom is -0.325 e. The van der Waals surface area contributed by atoms with Gasteiger partial charge in [-0.2, -0.15) is 5.10 Å². The molecule has 0 radical (unpaired) electrons. The summed E-state index contributed by atoms with van der Waals surface area (Å²) in [7, 11) is 2.01. The molecule has 1 aromatic rings. The van der Waals surface area contributed by atoms with Gasteiger partial charge >= 0.3 is 0 Å². The van der Waals surface area contributed by atoms with E-state index in [2.05, 4.69) is 21.0 Å². The monoisotopic (exact) mass is 299 g/mol. The molecule has 4 heteroatoms. The first-order valence-corrected chi connectivity index (χ1v) is 7.28. The zero-order valence-electron chi connectivity index (χ0n) is 10.8. The van der Waals surface area contributed by atoms with Crippen molar-refractivity contribution in [2.24, 2.45) is 12.8 Å². The molecule has 0 aliphatic heterocycles. The molecule has 2 N–H and O–H groups in total. The van der Waals surface area contributed by atoms with Crippen molar-refractivity contribution < 1.29 is 0 Å². The highest BCUT2D eigenvalue weighted by Gasteiger charge is 2.29. The van der Waals surface area contributed by atoms with Gasteiger partial charge in [-0.25, -0.2) is 0 Å². The van der Waals surface area contributed by atoms with E-state index in [0.29, 0.717) is 0 Å². The minimum absolute atomic E-state index is 0.0285. The Morgan fingerprint density at radius 3 is 2.35 bits per heavy atom. The van der Waals surface area contributed by atoms with Crippen LogP contribution in [0, 0.1) is 6.92 Å². The maximum Gasteiger partial charge on any atom is 0.0738 e. The Morgan fingerprint density at radius 1 is 1.29 bits per heavy atom. The van der Waals surface area contributed by atoms with Crippen molar-refractivity contribution in [3.63, 3.8) is 0 Å². The van der Waals surface area contributed by atoms with E-state index in [-0.39, 0.29) is 5.54 Å². The molecule has 96 valence electrons. The summed E-state index contributed by atoms with van der Waals surface area (Å²) in [5, 5.41) is 4.44. The van der Waals surface area contributed by atoms with Crippen molar-refractivity contribution in [1.82, 2.24) is 9.78 Å². The molecule has 0 bridgehead atoms. The molecular weight excluding hydrogens is 278 g/mol. The first kappa shape index (κ1) is 13.1. The topological polar surface area (TPSA) is 43.8 Å². The molecule has 17 heavy (non-hydrogen) atoms. The molecule has 1 aliphatic carbocycles. The molecule has 1 aromatic heterocycles. The van der Waals surface area contributed by atoms with Crippen LogP contribution in [0.2, 0.25) is 0 Å². The van der Waals surface area contributed by atoms with Crippen molar-refractivity contribution in [2.75, 3.05) is 0 Å². The summed E-state index contributed by atoms with van der Waals surface area (Å²) in [5.74, 6) is 0. The standard InChI is InChI=1S/C13H22BrN3/c1-10-12(14)11(17(2)16-10)9-13(15)7-5-3-4-6-8-13/h3-9,15H2,1-2H3. The van der Waals surface area contributed by atoms with Gasteiger partial charge in [0.1, 0.15) is 0 Å². The summed E-state index contributed by atoms with van der Waals surface area (Å²) in [4.78, 5) is 0. The smallest absolute Gasteiger partial charge is 0.0738 e. The molecular formula is C13H22BrN3. The third kappa shape index (κ3) is 2.91. The molecule has 0 amide bonds. The number of nitrogens with zero attached hydrogens (tertiary/aromatic N) is 2. The fourth-order valence-corrected chi connectivity index (χ4v) is 3.29. The van der Waals surface area contributed by atoms with Crippen LogP contribution in [-0.2, 0) is 13.5 Å². The van der Waals surface area contributed by atoms with E-state index in [1.807, 2.05) is 18.7 Å². The molecule has 0 atom stereocenters.